The molecule has 0 aliphatic rings. The second-order valence-corrected chi connectivity index (χ2v) is 19.2. The fraction of sp³-hybridized carbons (Fsp3) is 0.758. The van der Waals surface area contributed by atoms with E-state index in [1.807, 2.05) is 0 Å². The maximum atomic E-state index is 12.8. The topological polar surface area (TPSA) is 78.9 Å². The molecule has 0 heterocycles. The van der Waals surface area contributed by atoms with Crippen LogP contribution in [0.4, 0.5) is 0 Å². The van der Waals surface area contributed by atoms with Gasteiger partial charge in [0.1, 0.15) is 13.2 Å². The van der Waals surface area contributed by atoms with Gasteiger partial charge in [-0.1, -0.05) is 267 Å². The van der Waals surface area contributed by atoms with Crippen LogP contribution in [0.3, 0.4) is 0 Å². The predicted molar refractivity (Wildman–Crippen MR) is 293 cm³/mol. The third kappa shape index (κ3) is 53.8. The molecule has 0 aliphatic carbocycles. The summed E-state index contributed by atoms with van der Waals surface area (Å²) in [5, 5.41) is 0. The van der Waals surface area contributed by atoms with Crippen LogP contribution in [-0.4, -0.2) is 37.2 Å². The Hall–Kier alpha value is -3.15. The Kier molecular flexibility index (Phi) is 53.8. The predicted octanol–water partition coefficient (Wildman–Crippen LogP) is 19.4. The van der Waals surface area contributed by atoms with Crippen LogP contribution in [0.5, 0.6) is 0 Å². The first-order valence-corrected chi connectivity index (χ1v) is 28.9. The standard InChI is InChI=1S/C62H108O6/c1-4-7-10-13-16-19-21-23-25-27-28-29-30-31-32-33-34-36-37-39-41-43-46-49-52-55-61(64)67-58-59(57-66-60(63)54-51-48-45-18-15-12-9-6-3)68-62(65)56-53-50-47-44-42-40-38-35-26-24-22-20-17-14-11-8-5-2/h7,10,16,19,23,25,28-29,31-32,34,36,59H,4-6,8-9,11-15,17-18,20-22,24,26-27,30,33,35,37-58H2,1-3H3/b10-7-,19-16-,25-23-,29-28-,32-31-,36-34-. The van der Waals surface area contributed by atoms with E-state index in [2.05, 4.69) is 93.7 Å². The zero-order chi connectivity index (χ0) is 49.3. The molecule has 0 saturated carbocycles. The Bertz CT molecular complexity index is 1270. The van der Waals surface area contributed by atoms with Crippen molar-refractivity contribution in [3.8, 4) is 0 Å². The number of carbonyl (C=O) groups excluding carboxylic acids is 3. The number of esters is 3. The molecule has 0 N–H and O–H groups in total. The van der Waals surface area contributed by atoms with Crippen LogP contribution in [0.25, 0.3) is 0 Å². The maximum absolute atomic E-state index is 12.8. The summed E-state index contributed by atoms with van der Waals surface area (Å²) in [4.78, 5) is 38.0. The maximum Gasteiger partial charge on any atom is 0.306 e. The molecule has 0 fully saturated rings. The number of allylic oxidation sites excluding steroid dienone is 12. The van der Waals surface area contributed by atoms with E-state index < -0.39 is 6.10 Å². The number of rotatable bonds is 52. The molecule has 1 unspecified atom stereocenters. The van der Waals surface area contributed by atoms with Crippen LogP contribution in [0.15, 0.2) is 72.9 Å². The van der Waals surface area contributed by atoms with Crippen LogP contribution < -0.4 is 0 Å². The second-order valence-electron chi connectivity index (χ2n) is 19.2. The Morgan fingerprint density at radius 2 is 0.574 bits per heavy atom. The van der Waals surface area contributed by atoms with Crippen molar-refractivity contribution in [2.24, 2.45) is 0 Å². The smallest absolute Gasteiger partial charge is 0.306 e. The molecule has 0 aromatic heterocycles. The van der Waals surface area contributed by atoms with E-state index in [-0.39, 0.29) is 31.1 Å². The van der Waals surface area contributed by atoms with E-state index >= 15 is 0 Å². The molecular formula is C62H108O6. The number of hydrogen-bond acceptors (Lipinski definition) is 6. The van der Waals surface area contributed by atoms with E-state index in [1.165, 1.54) is 141 Å². The van der Waals surface area contributed by atoms with Gasteiger partial charge < -0.3 is 14.2 Å². The summed E-state index contributed by atoms with van der Waals surface area (Å²) >= 11 is 0. The minimum atomic E-state index is -0.777. The van der Waals surface area contributed by atoms with Gasteiger partial charge in [-0.3, -0.25) is 14.4 Å². The van der Waals surface area contributed by atoms with Crippen LogP contribution in [0, 0.1) is 0 Å². The first-order valence-electron chi connectivity index (χ1n) is 28.9. The lowest BCUT2D eigenvalue weighted by Crippen LogP contribution is -2.30. The Balaban J connectivity index is 4.24. The number of hydrogen-bond donors (Lipinski definition) is 0. The van der Waals surface area contributed by atoms with Crippen molar-refractivity contribution < 1.29 is 28.6 Å². The highest BCUT2D eigenvalue weighted by atomic mass is 16.6. The van der Waals surface area contributed by atoms with Gasteiger partial charge >= 0.3 is 17.9 Å². The normalized spacial score (nSPS) is 12.6. The first-order chi connectivity index (χ1) is 33.5. The summed E-state index contributed by atoms with van der Waals surface area (Å²) in [5.74, 6) is -0.886. The third-order valence-electron chi connectivity index (χ3n) is 12.5. The lowest BCUT2D eigenvalue weighted by molar-refractivity contribution is -0.167. The molecule has 6 nitrogen and oxygen atoms in total. The molecule has 0 rings (SSSR count). The zero-order valence-corrected chi connectivity index (χ0v) is 44.9. The molecule has 1 atom stereocenters. The minimum Gasteiger partial charge on any atom is -0.462 e. The van der Waals surface area contributed by atoms with Gasteiger partial charge in [0.2, 0.25) is 0 Å². The van der Waals surface area contributed by atoms with Gasteiger partial charge in [0.15, 0.2) is 6.10 Å². The average molecular weight is 950 g/mol. The molecular weight excluding hydrogens is 841 g/mol. The van der Waals surface area contributed by atoms with E-state index in [4.69, 9.17) is 14.2 Å². The van der Waals surface area contributed by atoms with Gasteiger partial charge in [0, 0.05) is 19.3 Å². The summed E-state index contributed by atoms with van der Waals surface area (Å²) in [6.07, 6.45) is 71.9. The number of carbonyl (C=O) groups is 3. The number of ether oxygens (including phenoxy) is 3. The lowest BCUT2D eigenvalue weighted by atomic mass is 10.0. The minimum absolute atomic E-state index is 0.0769. The quantitative estimate of drug-likeness (QED) is 0.0262. The Morgan fingerprint density at radius 3 is 0.897 bits per heavy atom. The van der Waals surface area contributed by atoms with Gasteiger partial charge in [-0.2, -0.15) is 0 Å². The van der Waals surface area contributed by atoms with Crippen LogP contribution in [0.2, 0.25) is 0 Å². The molecule has 0 bridgehead atoms. The van der Waals surface area contributed by atoms with E-state index in [9.17, 15) is 14.4 Å². The number of unbranched alkanes of at least 4 members (excludes halogenated alkanes) is 29. The molecule has 0 aliphatic heterocycles. The molecule has 0 radical (unpaired) electrons. The van der Waals surface area contributed by atoms with Crippen LogP contribution >= 0.6 is 0 Å². The molecule has 0 saturated heterocycles. The van der Waals surface area contributed by atoms with Crippen molar-refractivity contribution in [3.05, 3.63) is 72.9 Å². The van der Waals surface area contributed by atoms with Gasteiger partial charge in [-0.15, -0.1) is 0 Å². The SMILES string of the molecule is CC/C=C\C/C=C\C/C=C\C/C=C\C/C=C\C/C=C\CCCCCCCCC(=O)OCC(COC(=O)CCCCCCCCCC)OC(=O)CCCCCCCCCCCCCCCCCCC. The summed E-state index contributed by atoms with van der Waals surface area (Å²) in [6.45, 7) is 6.51. The highest BCUT2D eigenvalue weighted by molar-refractivity contribution is 5.71. The van der Waals surface area contributed by atoms with Gasteiger partial charge in [-0.05, 0) is 70.6 Å². The molecule has 0 spiro atoms. The summed E-state index contributed by atoms with van der Waals surface area (Å²) in [6, 6.07) is 0. The van der Waals surface area contributed by atoms with Crippen molar-refractivity contribution in [1.82, 2.24) is 0 Å². The van der Waals surface area contributed by atoms with Crippen molar-refractivity contribution in [1.29, 1.82) is 0 Å². The lowest BCUT2D eigenvalue weighted by Gasteiger charge is -2.18. The van der Waals surface area contributed by atoms with Crippen molar-refractivity contribution in [3.63, 3.8) is 0 Å². The molecule has 6 heteroatoms. The molecule has 0 amide bonds. The molecule has 0 aromatic carbocycles. The second kappa shape index (κ2) is 56.4. The van der Waals surface area contributed by atoms with Crippen molar-refractivity contribution in [2.45, 2.75) is 290 Å². The molecule has 0 aromatic rings. The van der Waals surface area contributed by atoms with Crippen LogP contribution in [-0.2, 0) is 28.6 Å². The summed E-state index contributed by atoms with van der Waals surface area (Å²) < 4.78 is 16.8. The van der Waals surface area contributed by atoms with Gasteiger partial charge in [0.05, 0.1) is 0 Å². The van der Waals surface area contributed by atoms with Crippen LogP contribution in [0.1, 0.15) is 284 Å². The third-order valence-corrected chi connectivity index (χ3v) is 12.5. The highest BCUT2D eigenvalue weighted by Crippen LogP contribution is 2.16. The monoisotopic (exact) mass is 949 g/mol. The molecule has 68 heavy (non-hydrogen) atoms. The summed E-state index contributed by atoms with van der Waals surface area (Å²) in [5.41, 5.74) is 0. The van der Waals surface area contributed by atoms with E-state index in [1.54, 1.807) is 0 Å². The first kappa shape index (κ1) is 64.8. The van der Waals surface area contributed by atoms with Gasteiger partial charge in [0.25, 0.3) is 0 Å². The van der Waals surface area contributed by atoms with E-state index in [0.29, 0.717) is 19.3 Å². The highest BCUT2D eigenvalue weighted by Gasteiger charge is 2.19. The van der Waals surface area contributed by atoms with Gasteiger partial charge in [-0.25, -0.2) is 0 Å². The zero-order valence-electron chi connectivity index (χ0n) is 44.9. The summed E-state index contributed by atoms with van der Waals surface area (Å²) in [7, 11) is 0. The fourth-order valence-electron chi connectivity index (χ4n) is 8.15. The average Bonchev–Trinajstić information content (AvgIpc) is 3.34. The Morgan fingerprint density at radius 1 is 0.309 bits per heavy atom. The fourth-order valence-corrected chi connectivity index (χ4v) is 8.15. The van der Waals surface area contributed by atoms with E-state index in [0.717, 1.165) is 103 Å². The van der Waals surface area contributed by atoms with Crippen molar-refractivity contribution in [2.75, 3.05) is 13.2 Å². The molecule has 392 valence electrons. The van der Waals surface area contributed by atoms with Crippen molar-refractivity contribution >= 4 is 17.9 Å². The largest absolute Gasteiger partial charge is 0.462 e. The Labute approximate surface area is 421 Å².